The topological polar surface area (TPSA) is 163 Å². The second kappa shape index (κ2) is 20.3. The van der Waals surface area contributed by atoms with E-state index in [0.717, 1.165) is 11.1 Å². The average molecular weight is 778 g/mol. The summed E-state index contributed by atoms with van der Waals surface area (Å²) in [5, 5.41) is 8.13. The lowest BCUT2D eigenvalue weighted by molar-refractivity contribution is -0.130. The lowest BCUT2D eigenvalue weighted by atomic mass is 9.96. The van der Waals surface area contributed by atoms with E-state index in [4.69, 9.17) is 9.47 Å². The fourth-order valence-electron chi connectivity index (χ4n) is 5.89. The Labute approximate surface area is 327 Å². The van der Waals surface area contributed by atoms with E-state index in [2.05, 4.69) is 16.0 Å². The molecule has 3 amide bonds. The van der Waals surface area contributed by atoms with Gasteiger partial charge in [-0.3, -0.25) is 18.9 Å². The molecule has 0 aliphatic carbocycles. The van der Waals surface area contributed by atoms with E-state index < -0.39 is 43.2 Å². The highest BCUT2D eigenvalue weighted by atomic mass is 31.2. The molecule has 0 saturated heterocycles. The van der Waals surface area contributed by atoms with Crippen LogP contribution in [0.2, 0.25) is 0 Å². The Hall–Kier alpha value is -5.74. The van der Waals surface area contributed by atoms with Gasteiger partial charge in [0.2, 0.25) is 11.8 Å². The first kappa shape index (κ1) is 41.4. The minimum absolute atomic E-state index is 0.0161. The summed E-state index contributed by atoms with van der Waals surface area (Å²) >= 11 is 0. The quantitative estimate of drug-likeness (QED) is 0.0588. The van der Waals surface area contributed by atoms with Gasteiger partial charge in [0.15, 0.2) is 0 Å². The van der Waals surface area contributed by atoms with Crippen LogP contribution in [0.1, 0.15) is 52.9 Å². The second-order valence-corrected chi connectivity index (χ2v) is 15.4. The van der Waals surface area contributed by atoms with Crippen LogP contribution in [0.4, 0.5) is 0 Å². The van der Waals surface area contributed by atoms with Crippen LogP contribution in [-0.4, -0.2) is 45.4 Å². The number of hydrogen-bond acceptors (Lipinski definition) is 6. The number of rotatable bonds is 19. The van der Waals surface area contributed by atoms with Gasteiger partial charge in [-0.1, -0.05) is 123 Å². The number of nitrogens with one attached hydrogen (secondary N) is 3. The van der Waals surface area contributed by atoms with Crippen molar-refractivity contribution in [1.29, 1.82) is 0 Å². The summed E-state index contributed by atoms with van der Waals surface area (Å²) in [5.41, 5.74) is 3.57. The van der Waals surface area contributed by atoms with Crippen LogP contribution in [-0.2, 0) is 40.2 Å². The zero-order chi connectivity index (χ0) is 39.9. The summed E-state index contributed by atoms with van der Waals surface area (Å²) in [6, 6.07) is 39.4. The van der Waals surface area contributed by atoms with Crippen molar-refractivity contribution >= 4 is 25.3 Å². The molecular weight excluding hydrogens is 729 g/mol. The lowest BCUT2D eigenvalue weighted by Gasteiger charge is -2.28. The van der Waals surface area contributed by atoms with Crippen molar-refractivity contribution < 1.29 is 38.2 Å². The minimum atomic E-state index is -4.90. The SMILES string of the molecule is CC[C@H](C)[C@H](NC(=O)c1ccccc1)C(=O)N[C@@H](Cc1ccc(OCc2ccccc2)cc1)C(=O)N[C@@H](Cc1ccc(OCc2ccccc2)cc1)P(=O)(O)O. The van der Waals surface area contributed by atoms with Gasteiger partial charge in [-0.05, 0) is 64.6 Å². The van der Waals surface area contributed by atoms with Crippen molar-refractivity contribution in [2.24, 2.45) is 5.92 Å². The summed E-state index contributed by atoms with van der Waals surface area (Å²) in [5.74, 6) is -2.58. The van der Waals surface area contributed by atoms with Gasteiger partial charge in [-0.25, -0.2) is 0 Å². The normalized spacial score (nSPS) is 13.4. The molecule has 0 unspecified atom stereocenters. The van der Waals surface area contributed by atoms with Gasteiger partial charge in [0.1, 0.15) is 42.6 Å². The largest absolute Gasteiger partial charge is 0.489 e. The average Bonchev–Trinajstić information content (AvgIpc) is 3.22. The fourth-order valence-corrected chi connectivity index (χ4v) is 6.63. The molecular formula is C44H48N3O8P. The standard InChI is InChI=1S/C44H48N3O8P/c1-3-31(2)41(47-42(48)36-17-11-6-12-18-36)44(50)45-39(27-32-19-23-37(24-20-32)54-29-34-13-7-4-8-14-34)43(49)46-40(56(51,52)53)28-33-21-25-38(26-22-33)55-30-35-15-9-5-10-16-35/h4-26,31,39-41H,3,27-30H2,1-2H3,(H,45,50)(H,46,49)(H,47,48)(H2,51,52,53)/t31-,39-,40+,41-/m0/s1. The molecule has 5 rings (SSSR count). The third kappa shape index (κ3) is 12.7. The number of ether oxygens (including phenoxy) is 2. The van der Waals surface area contributed by atoms with Crippen LogP contribution < -0.4 is 25.4 Å². The highest BCUT2D eigenvalue weighted by molar-refractivity contribution is 7.52. The Bertz CT molecular complexity index is 2040. The summed E-state index contributed by atoms with van der Waals surface area (Å²) in [4.78, 5) is 61.9. The second-order valence-electron chi connectivity index (χ2n) is 13.6. The minimum Gasteiger partial charge on any atom is -0.489 e. The zero-order valence-electron chi connectivity index (χ0n) is 31.4. The van der Waals surface area contributed by atoms with Gasteiger partial charge in [-0.2, -0.15) is 0 Å². The summed E-state index contributed by atoms with van der Waals surface area (Å²) < 4.78 is 24.6. The van der Waals surface area contributed by atoms with Crippen molar-refractivity contribution in [3.8, 4) is 11.5 Å². The molecule has 0 aromatic heterocycles. The first-order chi connectivity index (χ1) is 27.0. The molecule has 0 aliphatic rings. The van der Waals surface area contributed by atoms with E-state index in [1.54, 1.807) is 78.9 Å². The number of carbonyl (C=O) groups is 3. The molecule has 12 heteroatoms. The van der Waals surface area contributed by atoms with Crippen LogP contribution in [0.3, 0.4) is 0 Å². The molecule has 0 saturated carbocycles. The Morgan fingerprint density at radius 1 is 0.589 bits per heavy atom. The van der Waals surface area contributed by atoms with Gasteiger partial charge < -0.3 is 35.2 Å². The highest BCUT2D eigenvalue weighted by Crippen LogP contribution is 2.41. The van der Waals surface area contributed by atoms with Gasteiger partial charge in [-0.15, -0.1) is 0 Å². The predicted molar refractivity (Wildman–Crippen MR) is 215 cm³/mol. The maximum absolute atomic E-state index is 14.0. The van der Waals surface area contributed by atoms with Gasteiger partial charge in [0.25, 0.3) is 5.91 Å². The fraction of sp³-hybridized carbons (Fsp3) is 0.250. The molecule has 0 fully saturated rings. The van der Waals surface area contributed by atoms with E-state index in [-0.39, 0.29) is 18.8 Å². The zero-order valence-corrected chi connectivity index (χ0v) is 32.3. The smallest absolute Gasteiger partial charge is 0.347 e. The van der Waals surface area contributed by atoms with Crippen molar-refractivity contribution in [3.05, 3.63) is 167 Å². The molecule has 5 N–H and O–H groups in total. The highest BCUT2D eigenvalue weighted by Gasteiger charge is 2.35. The molecule has 292 valence electrons. The molecule has 11 nitrogen and oxygen atoms in total. The van der Waals surface area contributed by atoms with Gasteiger partial charge in [0, 0.05) is 18.4 Å². The van der Waals surface area contributed by atoms with E-state index in [1.807, 2.05) is 74.5 Å². The van der Waals surface area contributed by atoms with E-state index >= 15 is 0 Å². The number of carbonyl (C=O) groups excluding carboxylic acids is 3. The molecule has 0 bridgehead atoms. The molecule has 5 aromatic carbocycles. The molecule has 0 spiro atoms. The molecule has 4 atom stereocenters. The van der Waals surface area contributed by atoms with Crippen molar-refractivity contribution in [1.82, 2.24) is 16.0 Å². The molecule has 0 radical (unpaired) electrons. The third-order valence-electron chi connectivity index (χ3n) is 9.38. The Morgan fingerprint density at radius 3 is 1.52 bits per heavy atom. The monoisotopic (exact) mass is 777 g/mol. The molecule has 56 heavy (non-hydrogen) atoms. The number of amides is 3. The number of hydrogen-bond donors (Lipinski definition) is 5. The Morgan fingerprint density at radius 2 is 1.05 bits per heavy atom. The first-order valence-corrected chi connectivity index (χ1v) is 20.2. The van der Waals surface area contributed by atoms with Gasteiger partial charge in [0.05, 0.1) is 0 Å². The molecule has 0 heterocycles. The molecule has 5 aromatic rings. The third-order valence-corrected chi connectivity index (χ3v) is 10.5. The van der Waals surface area contributed by atoms with Crippen molar-refractivity contribution in [3.63, 3.8) is 0 Å². The Balaban J connectivity index is 1.32. The van der Waals surface area contributed by atoms with E-state index in [9.17, 15) is 28.7 Å². The van der Waals surface area contributed by atoms with Crippen LogP contribution in [0, 0.1) is 5.92 Å². The van der Waals surface area contributed by atoms with Crippen molar-refractivity contribution in [2.75, 3.05) is 0 Å². The van der Waals surface area contributed by atoms with E-state index in [0.29, 0.717) is 47.8 Å². The van der Waals surface area contributed by atoms with Crippen LogP contribution in [0.25, 0.3) is 0 Å². The lowest BCUT2D eigenvalue weighted by Crippen LogP contribution is -2.57. The van der Waals surface area contributed by atoms with Gasteiger partial charge >= 0.3 is 7.60 Å². The number of benzene rings is 5. The van der Waals surface area contributed by atoms with E-state index in [1.165, 1.54) is 0 Å². The predicted octanol–water partition coefficient (Wildman–Crippen LogP) is 6.58. The summed E-state index contributed by atoms with van der Waals surface area (Å²) in [6.07, 6.45) is 0.342. The maximum atomic E-state index is 14.0. The summed E-state index contributed by atoms with van der Waals surface area (Å²) in [6.45, 7) is 4.42. The van der Waals surface area contributed by atoms with Crippen molar-refractivity contribution in [2.45, 2.75) is 64.2 Å². The summed E-state index contributed by atoms with van der Waals surface area (Å²) in [7, 11) is -4.90. The first-order valence-electron chi connectivity index (χ1n) is 18.5. The van der Waals surface area contributed by atoms with Crippen LogP contribution in [0.15, 0.2) is 140 Å². The van der Waals surface area contributed by atoms with Crippen LogP contribution in [0.5, 0.6) is 11.5 Å². The maximum Gasteiger partial charge on any atom is 0.347 e. The Kier molecular flexibility index (Phi) is 15.0. The van der Waals surface area contributed by atoms with Crippen LogP contribution >= 0.6 is 7.60 Å². The molecule has 0 aliphatic heterocycles.